The number of carbonyl (C=O) groups excluding carboxylic acids is 1. The van der Waals surface area contributed by atoms with Crippen molar-refractivity contribution in [2.45, 2.75) is 19.1 Å². The first-order valence-corrected chi connectivity index (χ1v) is 4.61. The Labute approximate surface area is 95.9 Å². The van der Waals surface area contributed by atoms with Crippen molar-refractivity contribution in [2.24, 2.45) is 5.73 Å². The summed E-state index contributed by atoms with van der Waals surface area (Å²) in [4.78, 5) is 24.2. The first-order valence-electron chi connectivity index (χ1n) is 4.61. The number of hydrogen-bond acceptors (Lipinski definition) is 6. The molecule has 0 aromatic carbocycles. The van der Waals surface area contributed by atoms with E-state index in [0.717, 1.165) is 12.3 Å². The monoisotopic (exact) mass is 241 g/mol. The van der Waals surface area contributed by atoms with Crippen LogP contribution in [0, 0.1) is 17.0 Å². The van der Waals surface area contributed by atoms with E-state index >= 15 is 0 Å². The predicted molar refractivity (Wildman–Crippen MR) is 55.8 cm³/mol. The zero-order chi connectivity index (χ0) is 13.2. The van der Waals surface area contributed by atoms with E-state index in [1.807, 2.05) is 0 Å². The number of amides is 1. The number of nitrogens with zero attached hydrogens (tertiary/aromatic N) is 2. The van der Waals surface area contributed by atoms with Crippen LogP contribution in [0.25, 0.3) is 0 Å². The second-order valence-electron chi connectivity index (χ2n) is 3.42. The minimum atomic E-state index is -1.84. The normalized spacial score (nSPS) is 14.1. The number of aromatic nitrogens is 1. The summed E-state index contributed by atoms with van der Waals surface area (Å²) >= 11 is 0. The third-order valence-corrected chi connectivity index (χ3v) is 2.23. The van der Waals surface area contributed by atoms with Crippen LogP contribution in [0.3, 0.4) is 0 Å². The van der Waals surface area contributed by atoms with Crippen LogP contribution in [0.5, 0.6) is 0 Å². The lowest BCUT2D eigenvalue weighted by atomic mass is 10.0. The SMILES string of the molecule is Cc1ncc([N+](=O)[O-])cc1C(O)C(O)C(N)=O. The van der Waals surface area contributed by atoms with E-state index in [0.29, 0.717) is 0 Å². The van der Waals surface area contributed by atoms with Crippen molar-refractivity contribution in [1.29, 1.82) is 0 Å². The number of nitro groups is 1. The van der Waals surface area contributed by atoms with E-state index in [4.69, 9.17) is 5.73 Å². The number of aliphatic hydroxyl groups is 2. The average molecular weight is 241 g/mol. The fourth-order valence-electron chi connectivity index (χ4n) is 1.26. The predicted octanol–water partition coefficient (Wildman–Crippen LogP) is -0.822. The van der Waals surface area contributed by atoms with E-state index in [1.54, 1.807) is 0 Å². The fourth-order valence-corrected chi connectivity index (χ4v) is 1.26. The molecule has 0 aliphatic rings. The molecule has 0 spiro atoms. The summed E-state index contributed by atoms with van der Waals surface area (Å²) in [5.74, 6) is -1.12. The Kier molecular flexibility index (Phi) is 3.71. The minimum Gasteiger partial charge on any atom is -0.385 e. The molecule has 1 rings (SSSR count). The summed E-state index contributed by atoms with van der Waals surface area (Å²) in [6, 6.07) is 1.04. The van der Waals surface area contributed by atoms with Gasteiger partial charge >= 0.3 is 0 Å². The van der Waals surface area contributed by atoms with Gasteiger partial charge in [0.1, 0.15) is 12.3 Å². The number of pyridine rings is 1. The second-order valence-corrected chi connectivity index (χ2v) is 3.42. The number of hydrogen-bond donors (Lipinski definition) is 3. The molecule has 2 unspecified atom stereocenters. The van der Waals surface area contributed by atoms with Crippen molar-refractivity contribution in [1.82, 2.24) is 4.98 Å². The zero-order valence-corrected chi connectivity index (χ0v) is 8.90. The summed E-state index contributed by atoms with van der Waals surface area (Å²) in [5, 5.41) is 29.4. The van der Waals surface area contributed by atoms with Crippen LogP contribution < -0.4 is 5.73 Å². The number of carbonyl (C=O) groups is 1. The van der Waals surface area contributed by atoms with Crippen molar-refractivity contribution in [3.63, 3.8) is 0 Å². The van der Waals surface area contributed by atoms with Gasteiger partial charge in [-0.3, -0.25) is 19.9 Å². The molecule has 1 aromatic rings. The van der Waals surface area contributed by atoms with E-state index < -0.39 is 23.0 Å². The van der Waals surface area contributed by atoms with Gasteiger partial charge in [-0.1, -0.05) is 0 Å². The highest BCUT2D eigenvalue weighted by molar-refractivity contribution is 5.79. The molecule has 1 heterocycles. The lowest BCUT2D eigenvalue weighted by Crippen LogP contribution is -2.34. The number of rotatable bonds is 4. The quantitative estimate of drug-likeness (QED) is 0.464. The number of aryl methyl sites for hydroxylation is 1. The van der Waals surface area contributed by atoms with E-state index in [9.17, 15) is 25.1 Å². The summed E-state index contributed by atoms with van der Waals surface area (Å²) in [7, 11) is 0. The van der Waals surface area contributed by atoms with Gasteiger partial charge in [-0.2, -0.15) is 0 Å². The molecule has 8 heteroatoms. The molecule has 0 radical (unpaired) electrons. The molecule has 4 N–H and O–H groups in total. The second kappa shape index (κ2) is 4.85. The standard InChI is InChI=1S/C9H11N3O5/c1-4-6(7(13)8(14)9(10)15)2-5(3-11-4)12(16)17/h2-3,7-8,13-14H,1H3,(H2,10,15). The van der Waals surface area contributed by atoms with Crippen molar-refractivity contribution in [3.8, 4) is 0 Å². The first kappa shape index (κ1) is 13.0. The molecule has 0 fully saturated rings. The van der Waals surface area contributed by atoms with Gasteiger partial charge in [-0.25, -0.2) is 0 Å². The first-order chi connectivity index (χ1) is 7.84. The van der Waals surface area contributed by atoms with Crippen molar-refractivity contribution in [3.05, 3.63) is 33.6 Å². The van der Waals surface area contributed by atoms with E-state index in [2.05, 4.69) is 4.98 Å². The number of aliphatic hydroxyl groups excluding tert-OH is 2. The van der Waals surface area contributed by atoms with Crippen LogP contribution in [-0.2, 0) is 4.79 Å². The minimum absolute atomic E-state index is 0.00880. The van der Waals surface area contributed by atoms with Crippen LogP contribution in [0.4, 0.5) is 5.69 Å². The molecule has 92 valence electrons. The Bertz CT molecular complexity index is 462. The van der Waals surface area contributed by atoms with E-state index in [1.165, 1.54) is 6.92 Å². The van der Waals surface area contributed by atoms with Crippen molar-refractivity contribution >= 4 is 11.6 Å². The Morgan fingerprint density at radius 2 is 2.18 bits per heavy atom. The van der Waals surface area contributed by atoms with Gasteiger partial charge in [0.2, 0.25) is 5.91 Å². The molecular formula is C9H11N3O5. The van der Waals surface area contributed by atoms with Crippen LogP contribution in [0.1, 0.15) is 17.4 Å². The van der Waals surface area contributed by atoms with E-state index in [-0.39, 0.29) is 16.9 Å². The molecule has 8 nitrogen and oxygen atoms in total. The van der Waals surface area contributed by atoms with Crippen LogP contribution in [0.15, 0.2) is 12.3 Å². The highest BCUT2D eigenvalue weighted by atomic mass is 16.6. The van der Waals surface area contributed by atoms with Crippen LogP contribution >= 0.6 is 0 Å². The molecule has 1 amide bonds. The molecule has 17 heavy (non-hydrogen) atoms. The van der Waals surface area contributed by atoms with Gasteiger partial charge in [-0.05, 0) is 6.92 Å². The molecular weight excluding hydrogens is 230 g/mol. The molecule has 2 atom stereocenters. The lowest BCUT2D eigenvalue weighted by molar-refractivity contribution is -0.385. The highest BCUT2D eigenvalue weighted by Gasteiger charge is 2.26. The Balaban J connectivity index is 3.16. The van der Waals surface area contributed by atoms with Gasteiger partial charge in [0.05, 0.1) is 4.92 Å². The summed E-state index contributed by atoms with van der Waals surface area (Å²) in [6.45, 7) is 1.48. The molecule has 0 aliphatic heterocycles. The smallest absolute Gasteiger partial charge is 0.287 e. The molecule has 0 saturated heterocycles. The van der Waals surface area contributed by atoms with Crippen molar-refractivity contribution < 1.29 is 19.9 Å². The van der Waals surface area contributed by atoms with Gasteiger partial charge in [0.15, 0.2) is 6.10 Å². The third kappa shape index (κ3) is 2.74. The molecule has 0 saturated carbocycles. The Hall–Kier alpha value is -2.06. The van der Waals surface area contributed by atoms with Gasteiger partial charge in [-0.15, -0.1) is 0 Å². The highest BCUT2D eigenvalue weighted by Crippen LogP contribution is 2.23. The molecule has 1 aromatic heterocycles. The van der Waals surface area contributed by atoms with Gasteiger partial charge < -0.3 is 15.9 Å². The average Bonchev–Trinajstić information content (AvgIpc) is 2.27. The Morgan fingerprint density at radius 1 is 1.59 bits per heavy atom. The van der Waals surface area contributed by atoms with Crippen LogP contribution in [0.2, 0.25) is 0 Å². The molecule has 0 bridgehead atoms. The largest absolute Gasteiger partial charge is 0.385 e. The summed E-state index contributed by atoms with van der Waals surface area (Å²) in [6.07, 6.45) is -2.46. The third-order valence-electron chi connectivity index (χ3n) is 2.23. The van der Waals surface area contributed by atoms with Crippen molar-refractivity contribution in [2.75, 3.05) is 0 Å². The lowest BCUT2D eigenvalue weighted by Gasteiger charge is -2.16. The maximum atomic E-state index is 10.7. The van der Waals surface area contributed by atoms with Crippen LogP contribution in [-0.4, -0.2) is 32.1 Å². The maximum absolute atomic E-state index is 10.7. The van der Waals surface area contributed by atoms with Gasteiger partial charge in [0, 0.05) is 17.3 Å². The Morgan fingerprint density at radius 3 is 2.65 bits per heavy atom. The van der Waals surface area contributed by atoms with Gasteiger partial charge in [0.25, 0.3) is 5.69 Å². The summed E-state index contributed by atoms with van der Waals surface area (Å²) in [5.41, 5.74) is 4.73. The molecule has 0 aliphatic carbocycles. The maximum Gasteiger partial charge on any atom is 0.287 e. The summed E-state index contributed by atoms with van der Waals surface area (Å²) < 4.78 is 0. The number of nitrogens with two attached hydrogens (primary N) is 1. The topological polar surface area (TPSA) is 140 Å². The zero-order valence-electron chi connectivity index (χ0n) is 8.90. The number of primary amides is 1. The fraction of sp³-hybridized carbons (Fsp3) is 0.333.